The molecule has 1 aliphatic heterocycles. The van der Waals surface area contributed by atoms with Crippen LogP contribution in [-0.2, 0) is 16.0 Å². The number of benzene rings is 2. The molecule has 1 aliphatic rings. The Morgan fingerprint density at radius 2 is 1.95 bits per heavy atom. The highest BCUT2D eigenvalue weighted by Crippen LogP contribution is 2.22. The molecule has 9 nitrogen and oxygen atoms in total. The van der Waals surface area contributed by atoms with Crippen LogP contribution in [0.2, 0.25) is 0 Å². The summed E-state index contributed by atoms with van der Waals surface area (Å²) in [5.74, 6) is 0.563. The van der Waals surface area contributed by atoms with Gasteiger partial charge < -0.3 is 4.74 Å². The smallest absolute Gasteiger partial charge is 0.258 e. The predicted octanol–water partition coefficient (Wildman–Crippen LogP) is 5.30. The van der Waals surface area contributed by atoms with Crippen LogP contribution in [0.5, 0.6) is 0 Å². The van der Waals surface area contributed by atoms with Crippen LogP contribution in [0.15, 0.2) is 73.2 Å². The average molecular weight is 555 g/mol. The summed E-state index contributed by atoms with van der Waals surface area (Å²) in [6.45, 7) is 2.21. The number of nitrogens with zero attached hydrogens (tertiary/aromatic N) is 4. The molecule has 0 bridgehead atoms. The Morgan fingerprint density at radius 1 is 1.07 bits per heavy atom. The van der Waals surface area contributed by atoms with Crippen molar-refractivity contribution in [3.05, 3.63) is 84.4 Å². The zero-order chi connectivity index (χ0) is 28.4. The van der Waals surface area contributed by atoms with E-state index < -0.39 is 0 Å². The van der Waals surface area contributed by atoms with E-state index in [4.69, 9.17) is 9.72 Å². The molecule has 5 rings (SSSR count). The van der Waals surface area contributed by atoms with Crippen LogP contribution >= 0.6 is 0 Å². The summed E-state index contributed by atoms with van der Waals surface area (Å²) < 4.78 is 7.23. The van der Waals surface area contributed by atoms with E-state index in [1.54, 1.807) is 25.6 Å². The van der Waals surface area contributed by atoms with Crippen LogP contribution in [0, 0.1) is 0 Å². The Morgan fingerprint density at radius 3 is 2.76 bits per heavy atom. The first-order valence-corrected chi connectivity index (χ1v) is 14.4. The number of methoxy groups -OCH3 is 1. The van der Waals surface area contributed by atoms with Gasteiger partial charge in [-0.15, -0.1) is 0 Å². The molecule has 3 heterocycles. The second-order valence-corrected chi connectivity index (χ2v) is 10.6. The van der Waals surface area contributed by atoms with Gasteiger partial charge in [-0.2, -0.15) is 5.10 Å². The molecule has 1 amide bonds. The van der Waals surface area contributed by atoms with Crippen LogP contribution in [0.25, 0.3) is 16.8 Å². The lowest BCUT2D eigenvalue weighted by atomic mass is 10.1. The van der Waals surface area contributed by atoms with Crippen molar-refractivity contribution in [1.82, 2.24) is 24.6 Å². The zero-order valence-corrected chi connectivity index (χ0v) is 23.6. The molecular formula is C32H38N6O3. The number of aryl methyl sites for hydroxylation is 1. The van der Waals surface area contributed by atoms with Gasteiger partial charge in [0.15, 0.2) is 0 Å². The van der Waals surface area contributed by atoms with Gasteiger partial charge >= 0.3 is 0 Å². The number of imidazole rings is 1. The van der Waals surface area contributed by atoms with Gasteiger partial charge in [-0.25, -0.2) is 4.98 Å². The summed E-state index contributed by atoms with van der Waals surface area (Å²) in [5, 5.41) is 9.82. The van der Waals surface area contributed by atoms with Crippen molar-refractivity contribution in [1.29, 1.82) is 0 Å². The molecule has 9 heteroatoms. The Kier molecular flexibility index (Phi) is 9.72. The SMILES string of the molecule is COC[C@H]1CCCN1CC(=O)CCCCCc1cn(-c2ccccc2)c(NC(=O)c2cccc(-c3cn[nH]c3)c2)n1. The van der Waals surface area contributed by atoms with Gasteiger partial charge in [0.25, 0.3) is 5.91 Å². The van der Waals surface area contributed by atoms with Gasteiger partial charge in [-0.3, -0.25) is 29.5 Å². The molecule has 1 fully saturated rings. The molecule has 214 valence electrons. The number of H-pyrrole nitrogens is 1. The average Bonchev–Trinajstić information content (AvgIpc) is 3.76. The highest BCUT2D eigenvalue weighted by atomic mass is 16.5. The van der Waals surface area contributed by atoms with Crippen LogP contribution in [-0.4, -0.2) is 69.2 Å². The lowest BCUT2D eigenvalue weighted by Crippen LogP contribution is -2.36. The molecule has 2 aromatic carbocycles. The quantitative estimate of drug-likeness (QED) is 0.205. The van der Waals surface area contributed by atoms with Crippen molar-refractivity contribution in [3.8, 4) is 16.8 Å². The fraction of sp³-hybridized carbons (Fsp3) is 0.375. The molecule has 2 aromatic heterocycles. The summed E-state index contributed by atoms with van der Waals surface area (Å²) in [4.78, 5) is 32.8. The van der Waals surface area contributed by atoms with E-state index in [1.807, 2.05) is 59.3 Å². The number of rotatable bonds is 14. The number of para-hydroxylation sites is 1. The summed E-state index contributed by atoms with van der Waals surface area (Å²) in [7, 11) is 1.72. The molecular weight excluding hydrogens is 516 g/mol. The van der Waals surface area contributed by atoms with E-state index in [1.165, 1.54) is 0 Å². The fourth-order valence-electron chi connectivity index (χ4n) is 5.44. The van der Waals surface area contributed by atoms with E-state index >= 15 is 0 Å². The molecule has 4 aromatic rings. The third kappa shape index (κ3) is 7.56. The molecule has 1 atom stereocenters. The second kappa shape index (κ2) is 14.0. The van der Waals surface area contributed by atoms with Crippen LogP contribution in [0.4, 0.5) is 5.95 Å². The molecule has 0 spiro atoms. The Hall–Kier alpha value is -4.08. The summed E-state index contributed by atoms with van der Waals surface area (Å²) in [6, 6.07) is 17.7. The summed E-state index contributed by atoms with van der Waals surface area (Å²) >= 11 is 0. The third-order valence-corrected chi connectivity index (χ3v) is 7.60. The highest BCUT2D eigenvalue weighted by Gasteiger charge is 2.25. The minimum Gasteiger partial charge on any atom is -0.383 e. The van der Waals surface area contributed by atoms with Crippen LogP contribution in [0.3, 0.4) is 0 Å². The number of hydrogen-bond acceptors (Lipinski definition) is 6. The van der Waals surface area contributed by atoms with Gasteiger partial charge in [0, 0.05) is 48.8 Å². The van der Waals surface area contributed by atoms with Crippen molar-refractivity contribution < 1.29 is 14.3 Å². The number of aromatic nitrogens is 4. The van der Waals surface area contributed by atoms with E-state index in [-0.39, 0.29) is 5.91 Å². The number of unbranched alkanes of at least 4 members (excludes halogenated alkanes) is 2. The number of Topliss-reactive ketones (excluding diaryl/α,β-unsaturated/α-hetero) is 1. The Bertz CT molecular complexity index is 1420. The number of anilines is 1. The summed E-state index contributed by atoms with van der Waals surface area (Å²) in [6.07, 6.45) is 11.9. The van der Waals surface area contributed by atoms with Gasteiger partial charge in [0.1, 0.15) is 5.78 Å². The topological polar surface area (TPSA) is 105 Å². The van der Waals surface area contributed by atoms with Gasteiger partial charge in [-0.05, 0) is 68.5 Å². The molecule has 0 aliphatic carbocycles. The maximum absolute atomic E-state index is 13.2. The maximum atomic E-state index is 13.2. The number of nitrogens with one attached hydrogen (secondary N) is 2. The molecule has 41 heavy (non-hydrogen) atoms. The Labute approximate surface area is 240 Å². The van der Waals surface area contributed by atoms with Crippen molar-refractivity contribution in [2.24, 2.45) is 0 Å². The van der Waals surface area contributed by atoms with Crippen molar-refractivity contribution >= 4 is 17.6 Å². The first-order valence-electron chi connectivity index (χ1n) is 14.4. The van der Waals surface area contributed by atoms with Gasteiger partial charge in [0.2, 0.25) is 5.95 Å². The number of aromatic amines is 1. The largest absolute Gasteiger partial charge is 0.383 e. The lowest BCUT2D eigenvalue weighted by Gasteiger charge is -2.22. The van der Waals surface area contributed by atoms with Crippen molar-refractivity contribution in [2.45, 2.75) is 51.0 Å². The number of ketones is 1. The predicted molar refractivity (Wildman–Crippen MR) is 159 cm³/mol. The van der Waals surface area contributed by atoms with Gasteiger partial charge in [0.05, 0.1) is 25.0 Å². The van der Waals surface area contributed by atoms with Crippen LogP contribution < -0.4 is 5.32 Å². The first kappa shape index (κ1) is 28.4. The van der Waals surface area contributed by atoms with E-state index in [2.05, 4.69) is 20.4 Å². The lowest BCUT2D eigenvalue weighted by molar-refractivity contribution is -0.120. The van der Waals surface area contributed by atoms with E-state index in [9.17, 15) is 9.59 Å². The number of carbonyl (C=O) groups is 2. The second-order valence-electron chi connectivity index (χ2n) is 10.6. The number of amides is 1. The minimum atomic E-state index is -0.228. The molecule has 1 saturated heterocycles. The molecule has 2 N–H and O–H groups in total. The van der Waals surface area contributed by atoms with E-state index in [0.717, 1.165) is 67.6 Å². The number of ether oxygens (including phenoxy) is 1. The molecule has 0 radical (unpaired) electrons. The van der Waals surface area contributed by atoms with Crippen molar-refractivity contribution in [3.63, 3.8) is 0 Å². The maximum Gasteiger partial charge on any atom is 0.258 e. The Balaban J connectivity index is 1.17. The standard InChI is InChI=1S/C32H38N6O3/c1-41-23-29-15-9-17-37(29)22-30(39)16-7-2-4-12-27-21-38(28-13-5-3-6-14-28)32(35-27)36-31(40)25-11-8-10-24(18-25)26-19-33-34-20-26/h3,5-6,8,10-11,13-14,18-21,29H,2,4,7,9,12,15-17,22-23H2,1H3,(H,33,34)(H,35,36,40)/t29-/m1/s1. The minimum absolute atomic E-state index is 0.228. The monoisotopic (exact) mass is 554 g/mol. The van der Waals surface area contributed by atoms with Crippen LogP contribution in [0.1, 0.15) is 54.6 Å². The highest BCUT2D eigenvalue weighted by molar-refractivity contribution is 6.04. The number of carbonyl (C=O) groups excluding carboxylic acids is 2. The first-order chi connectivity index (χ1) is 20.1. The van der Waals surface area contributed by atoms with Gasteiger partial charge in [-0.1, -0.05) is 36.8 Å². The molecule has 0 saturated carbocycles. The summed E-state index contributed by atoms with van der Waals surface area (Å²) in [5.41, 5.74) is 4.20. The molecule has 0 unspecified atom stereocenters. The van der Waals surface area contributed by atoms with E-state index in [0.29, 0.717) is 42.9 Å². The number of hydrogen-bond donors (Lipinski definition) is 2. The zero-order valence-electron chi connectivity index (χ0n) is 23.6. The normalized spacial score (nSPS) is 15.3. The fourth-order valence-corrected chi connectivity index (χ4v) is 5.44. The third-order valence-electron chi connectivity index (χ3n) is 7.60. The number of likely N-dealkylation sites (tertiary alicyclic amines) is 1. The van der Waals surface area contributed by atoms with Crippen molar-refractivity contribution in [2.75, 3.05) is 32.1 Å².